The molecule has 1 aliphatic heterocycles. The number of carboxylic acid groups (broad SMARTS) is 1. The van der Waals surface area contributed by atoms with Gasteiger partial charge in [0, 0.05) is 18.6 Å². The van der Waals surface area contributed by atoms with E-state index in [0.717, 1.165) is 0 Å². The van der Waals surface area contributed by atoms with Crippen LogP contribution in [0.4, 0.5) is 5.69 Å². The van der Waals surface area contributed by atoms with Crippen molar-refractivity contribution in [2.24, 2.45) is 5.73 Å². The lowest BCUT2D eigenvalue weighted by Crippen LogP contribution is -2.36. The van der Waals surface area contributed by atoms with Gasteiger partial charge in [-0.15, -0.1) is 0 Å². The molecule has 0 bridgehead atoms. The van der Waals surface area contributed by atoms with E-state index in [1.165, 1.54) is 12.1 Å². The molecule has 0 fully saturated rings. The highest BCUT2D eigenvalue weighted by Crippen LogP contribution is 2.39. The van der Waals surface area contributed by atoms with Gasteiger partial charge in [0.05, 0.1) is 16.8 Å². The van der Waals surface area contributed by atoms with Crippen molar-refractivity contribution in [3.63, 3.8) is 0 Å². The van der Waals surface area contributed by atoms with Crippen molar-refractivity contribution in [1.82, 2.24) is 0 Å². The predicted molar refractivity (Wildman–Crippen MR) is 71.0 cm³/mol. The maximum atomic E-state index is 11.8. The van der Waals surface area contributed by atoms with Crippen LogP contribution in [0.25, 0.3) is 0 Å². The Morgan fingerprint density at radius 1 is 1.40 bits per heavy atom. The largest absolute Gasteiger partial charge is 0.481 e. The highest BCUT2D eigenvalue weighted by Gasteiger charge is 2.20. The van der Waals surface area contributed by atoms with Gasteiger partial charge in [-0.1, -0.05) is 11.6 Å². The molecular weight excluding hydrogens is 288 g/mol. The van der Waals surface area contributed by atoms with Gasteiger partial charge in [0.2, 0.25) is 12.7 Å². The van der Waals surface area contributed by atoms with Crippen molar-refractivity contribution in [3.05, 3.63) is 17.2 Å². The van der Waals surface area contributed by atoms with Gasteiger partial charge in [-0.25, -0.2) is 0 Å². The van der Waals surface area contributed by atoms with Crippen LogP contribution in [0.3, 0.4) is 0 Å². The second-order valence-electron chi connectivity index (χ2n) is 4.21. The summed E-state index contributed by atoms with van der Waals surface area (Å²) in [4.78, 5) is 22.2. The van der Waals surface area contributed by atoms with Crippen LogP contribution in [0.1, 0.15) is 12.8 Å². The molecule has 1 amide bonds. The number of halogens is 1. The molecule has 0 saturated heterocycles. The quantitative estimate of drug-likeness (QED) is 0.753. The predicted octanol–water partition coefficient (Wildman–Crippen LogP) is 1.20. The van der Waals surface area contributed by atoms with Crippen molar-refractivity contribution < 1.29 is 24.2 Å². The fourth-order valence-corrected chi connectivity index (χ4v) is 1.85. The summed E-state index contributed by atoms with van der Waals surface area (Å²) in [6.07, 6.45) is -0.132. The van der Waals surface area contributed by atoms with Gasteiger partial charge in [-0.3, -0.25) is 9.59 Å². The lowest BCUT2D eigenvalue weighted by atomic mass is 10.1. The van der Waals surface area contributed by atoms with E-state index >= 15 is 0 Å². The van der Waals surface area contributed by atoms with Crippen LogP contribution >= 0.6 is 11.6 Å². The Morgan fingerprint density at radius 2 is 2.05 bits per heavy atom. The number of fused-ring (bicyclic) bond motifs is 1. The number of amides is 1. The molecule has 8 heteroatoms. The first-order valence-corrected chi connectivity index (χ1v) is 6.22. The molecule has 1 aromatic rings. The summed E-state index contributed by atoms with van der Waals surface area (Å²) in [5.41, 5.74) is 5.94. The van der Waals surface area contributed by atoms with Crippen LogP contribution in [-0.4, -0.2) is 29.8 Å². The molecule has 0 spiro atoms. The first kappa shape index (κ1) is 14.4. The number of benzene rings is 1. The van der Waals surface area contributed by atoms with E-state index in [2.05, 4.69) is 5.32 Å². The smallest absolute Gasteiger partial charge is 0.303 e. The number of carbonyl (C=O) groups is 2. The summed E-state index contributed by atoms with van der Waals surface area (Å²) >= 11 is 6.00. The van der Waals surface area contributed by atoms with Crippen molar-refractivity contribution in [2.75, 3.05) is 12.1 Å². The van der Waals surface area contributed by atoms with Crippen molar-refractivity contribution >= 4 is 29.2 Å². The molecule has 0 radical (unpaired) electrons. The molecule has 1 atom stereocenters. The topological polar surface area (TPSA) is 111 Å². The minimum Gasteiger partial charge on any atom is -0.481 e. The number of hydrogen-bond acceptors (Lipinski definition) is 5. The monoisotopic (exact) mass is 300 g/mol. The van der Waals surface area contributed by atoms with Crippen LogP contribution in [0, 0.1) is 0 Å². The molecule has 1 aliphatic rings. The van der Waals surface area contributed by atoms with E-state index in [9.17, 15) is 9.59 Å². The number of aliphatic carboxylic acids is 1. The highest BCUT2D eigenvalue weighted by molar-refractivity contribution is 6.34. The molecular formula is C12H13ClN2O5. The standard InChI is InChI=1S/C12H13ClN2O5/c13-6-3-9-10(20-5-19-9)4-8(6)15-12(18)7(14)1-2-11(16)17/h3-4,7H,1-2,5,14H2,(H,15,18)(H,16,17). The number of ether oxygens (including phenoxy) is 2. The molecule has 0 aliphatic carbocycles. The number of carbonyl (C=O) groups excluding carboxylic acids is 1. The van der Waals surface area contributed by atoms with E-state index in [1.54, 1.807) is 0 Å². The van der Waals surface area contributed by atoms with Gasteiger partial charge in [0.15, 0.2) is 11.5 Å². The number of nitrogens with two attached hydrogens (primary N) is 1. The van der Waals surface area contributed by atoms with Crippen molar-refractivity contribution in [2.45, 2.75) is 18.9 Å². The van der Waals surface area contributed by atoms with Gasteiger partial charge in [0.1, 0.15) is 0 Å². The summed E-state index contributed by atoms with van der Waals surface area (Å²) < 4.78 is 10.3. The van der Waals surface area contributed by atoms with E-state index in [1.807, 2.05) is 0 Å². The maximum absolute atomic E-state index is 11.8. The Morgan fingerprint density at radius 3 is 2.70 bits per heavy atom. The zero-order chi connectivity index (χ0) is 14.7. The Bertz CT molecular complexity index is 549. The van der Waals surface area contributed by atoms with Gasteiger partial charge < -0.3 is 25.6 Å². The summed E-state index contributed by atoms with van der Waals surface area (Å²) in [5, 5.41) is 11.4. The Kier molecular flexibility index (Phi) is 4.31. The lowest BCUT2D eigenvalue weighted by molar-refractivity contribution is -0.137. The lowest BCUT2D eigenvalue weighted by Gasteiger charge is -2.12. The van der Waals surface area contributed by atoms with E-state index < -0.39 is 17.9 Å². The second kappa shape index (κ2) is 5.98. The molecule has 20 heavy (non-hydrogen) atoms. The molecule has 108 valence electrons. The number of hydrogen-bond donors (Lipinski definition) is 3. The van der Waals surface area contributed by atoms with Gasteiger partial charge in [-0.2, -0.15) is 0 Å². The van der Waals surface area contributed by atoms with Gasteiger partial charge >= 0.3 is 5.97 Å². The number of anilines is 1. The number of rotatable bonds is 5. The zero-order valence-electron chi connectivity index (χ0n) is 10.4. The Balaban J connectivity index is 2.02. The second-order valence-corrected chi connectivity index (χ2v) is 4.62. The van der Waals surface area contributed by atoms with Crippen LogP contribution in [0.5, 0.6) is 11.5 Å². The number of nitrogens with one attached hydrogen (secondary N) is 1. The first-order chi connectivity index (χ1) is 9.47. The van der Waals surface area contributed by atoms with E-state index in [-0.39, 0.29) is 24.7 Å². The number of carboxylic acids is 1. The average Bonchev–Trinajstić information content (AvgIpc) is 2.83. The third kappa shape index (κ3) is 3.31. The molecule has 1 aromatic carbocycles. The molecule has 0 aromatic heterocycles. The SMILES string of the molecule is NC(CCC(=O)O)C(=O)Nc1cc2c(cc1Cl)OCO2. The normalized spacial score (nSPS) is 13.9. The van der Waals surface area contributed by atoms with E-state index in [4.69, 9.17) is 31.9 Å². The minimum atomic E-state index is -1.01. The molecule has 1 unspecified atom stereocenters. The maximum Gasteiger partial charge on any atom is 0.303 e. The highest BCUT2D eigenvalue weighted by atomic mass is 35.5. The van der Waals surface area contributed by atoms with Crippen LogP contribution in [0.15, 0.2) is 12.1 Å². The Hall–Kier alpha value is -1.99. The zero-order valence-corrected chi connectivity index (χ0v) is 11.1. The fraction of sp³-hybridized carbons (Fsp3) is 0.333. The molecule has 7 nitrogen and oxygen atoms in total. The summed E-state index contributed by atoms with van der Waals surface area (Å²) in [5.74, 6) is -0.534. The van der Waals surface area contributed by atoms with Gasteiger partial charge in [0.25, 0.3) is 0 Å². The van der Waals surface area contributed by atoms with Crippen LogP contribution in [0.2, 0.25) is 5.02 Å². The summed E-state index contributed by atoms with van der Waals surface area (Å²) in [6, 6.07) is 2.14. The van der Waals surface area contributed by atoms with Gasteiger partial charge in [-0.05, 0) is 6.42 Å². The molecule has 0 saturated carbocycles. The molecule has 2 rings (SSSR count). The van der Waals surface area contributed by atoms with Crippen molar-refractivity contribution in [3.8, 4) is 11.5 Å². The Labute approximate surface area is 119 Å². The molecule has 4 N–H and O–H groups in total. The third-order valence-corrected chi connectivity index (χ3v) is 3.04. The average molecular weight is 301 g/mol. The third-order valence-electron chi connectivity index (χ3n) is 2.73. The first-order valence-electron chi connectivity index (χ1n) is 5.84. The summed E-state index contributed by atoms with van der Waals surface area (Å²) in [6.45, 7) is 0.0984. The fourth-order valence-electron chi connectivity index (χ4n) is 1.65. The van der Waals surface area contributed by atoms with E-state index in [0.29, 0.717) is 17.2 Å². The summed E-state index contributed by atoms with van der Waals surface area (Å²) in [7, 11) is 0. The van der Waals surface area contributed by atoms with Crippen LogP contribution in [-0.2, 0) is 9.59 Å². The van der Waals surface area contributed by atoms with Crippen molar-refractivity contribution in [1.29, 1.82) is 0 Å². The van der Waals surface area contributed by atoms with Crippen LogP contribution < -0.4 is 20.5 Å². The minimum absolute atomic E-state index is 0.0450. The molecule has 1 heterocycles.